The normalized spacial score (nSPS) is 16.1. The first-order valence-corrected chi connectivity index (χ1v) is 6.97. The molecule has 6 heteroatoms. The van der Waals surface area contributed by atoms with Gasteiger partial charge in [0.1, 0.15) is 5.69 Å². The highest BCUT2D eigenvalue weighted by molar-refractivity contribution is 5.94. The first kappa shape index (κ1) is 14.3. The number of rotatable bonds is 4. The fourth-order valence-electron chi connectivity index (χ4n) is 2.54. The van der Waals surface area contributed by atoms with Gasteiger partial charge in [-0.05, 0) is 17.7 Å². The van der Waals surface area contributed by atoms with Crippen molar-refractivity contribution in [3.8, 4) is 11.3 Å². The third-order valence-electron chi connectivity index (χ3n) is 3.85. The van der Waals surface area contributed by atoms with Gasteiger partial charge in [0, 0.05) is 24.7 Å². The highest BCUT2D eigenvalue weighted by atomic mass is 19.1. The number of nitrogens with one attached hydrogen (secondary N) is 1. The molecule has 5 nitrogen and oxygen atoms in total. The summed E-state index contributed by atoms with van der Waals surface area (Å²) in [5.74, 6) is -2.33. The maximum atomic E-state index is 13.3. The number of H-pyrrole nitrogens is 1. The zero-order chi connectivity index (χ0) is 15.7. The third-order valence-corrected chi connectivity index (χ3v) is 3.85. The lowest BCUT2D eigenvalue weighted by molar-refractivity contribution is -0.147. The van der Waals surface area contributed by atoms with E-state index in [0.717, 1.165) is 11.3 Å². The van der Waals surface area contributed by atoms with Crippen LogP contribution < -0.4 is 0 Å². The summed E-state index contributed by atoms with van der Waals surface area (Å²) in [4.78, 5) is 27.3. The average molecular weight is 302 g/mol. The fourth-order valence-corrected chi connectivity index (χ4v) is 2.54. The highest BCUT2D eigenvalue weighted by Crippen LogP contribution is 2.25. The summed E-state index contributed by atoms with van der Waals surface area (Å²) in [6, 6.07) is 13.1. The zero-order valence-electron chi connectivity index (χ0n) is 11.7. The van der Waals surface area contributed by atoms with Crippen LogP contribution in [0, 0.1) is 5.92 Å². The molecule has 0 radical (unpaired) electrons. The van der Waals surface area contributed by atoms with E-state index in [1.54, 1.807) is 6.07 Å². The Morgan fingerprint density at radius 3 is 2.50 bits per heavy atom. The number of carboxylic acids is 1. The number of alkyl halides is 1. The minimum absolute atomic E-state index is 0.131. The van der Waals surface area contributed by atoms with E-state index in [1.165, 1.54) is 4.90 Å². The lowest BCUT2D eigenvalue weighted by Crippen LogP contribution is -2.55. The number of aromatic amines is 1. The number of nitrogens with zero attached hydrogens (tertiary/aromatic N) is 1. The van der Waals surface area contributed by atoms with E-state index >= 15 is 0 Å². The van der Waals surface area contributed by atoms with Crippen molar-refractivity contribution in [2.45, 2.75) is 6.17 Å². The molecule has 1 aromatic heterocycles. The average Bonchev–Trinajstić information content (AvgIpc) is 2.96. The lowest BCUT2D eigenvalue weighted by Gasteiger charge is -2.39. The van der Waals surface area contributed by atoms with Crippen LogP contribution in [-0.2, 0) is 4.79 Å². The summed E-state index contributed by atoms with van der Waals surface area (Å²) in [7, 11) is 0. The van der Waals surface area contributed by atoms with Gasteiger partial charge in [-0.1, -0.05) is 30.3 Å². The molecule has 1 aromatic carbocycles. The minimum Gasteiger partial charge on any atom is -0.479 e. The molecule has 1 fully saturated rings. The van der Waals surface area contributed by atoms with E-state index in [1.807, 2.05) is 36.4 Å². The fraction of sp³-hybridized carbons (Fsp3) is 0.250. The van der Waals surface area contributed by atoms with E-state index in [-0.39, 0.29) is 19.0 Å². The molecule has 0 spiro atoms. The maximum Gasteiger partial charge on any atom is 0.338 e. The number of carbonyl (C=O) groups excluding carboxylic acids is 1. The predicted molar refractivity (Wildman–Crippen MR) is 78.2 cm³/mol. The number of aromatic nitrogens is 1. The van der Waals surface area contributed by atoms with Gasteiger partial charge in [0.2, 0.25) is 6.17 Å². The molecule has 114 valence electrons. The first-order chi connectivity index (χ1) is 10.6. The zero-order valence-corrected chi connectivity index (χ0v) is 11.7. The standard InChI is InChI=1S/C16H15FN2O3/c17-14(16(21)22)11-8-19(9-11)15(20)13-7-6-12(18-13)10-4-2-1-3-5-10/h1-7,11,14,18H,8-9H2,(H,21,22). The second-order valence-corrected chi connectivity index (χ2v) is 5.36. The van der Waals surface area contributed by atoms with Gasteiger partial charge < -0.3 is 15.0 Å². The molecule has 1 amide bonds. The Kier molecular flexibility index (Phi) is 3.66. The van der Waals surface area contributed by atoms with Crippen LogP contribution in [0.2, 0.25) is 0 Å². The van der Waals surface area contributed by atoms with Crippen LogP contribution in [0.4, 0.5) is 4.39 Å². The molecule has 1 aliphatic rings. The van der Waals surface area contributed by atoms with Crippen molar-refractivity contribution in [2.24, 2.45) is 5.92 Å². The summed E-state index contributed by atoms with van der Waals surface area (Å²) < 4.78 is 13.3. The van der Waals surface area contributed by atoms with Gasteiger partial charge in [0.25, 0.3) is 5.91 Å². The second kappa shape index (κ2) is 5.63. The Morgan fingerprint density at radius 2 is 1.86 bits per heavy atom. The van der Waals surface area contributed by atoms with Gasteiger partial charge in [-0.3, -0.25) is 4.79 Å². The Hall–Kier alpha value is -2.63. The Morgan fingerprint density at radius 1 is 1.18 bits per heavy atom. The van der Waals surface area contributed by atoms with Gasteiger partial charge in [0.05, 0.1) is 0 Å². The molecular weight excluding hydrogens is 287 g/mol. The molecular formula is C16H15FN2O3. The van der Waals surface area contributed by atoms with E-state index in [0.29, 0.717) is 5.69 Å². The van der Waals surface area contributed by atoms with Crippen molar-refractivity contribution in [3.05, 3.63) is 48.2 Å². The monoisotopic (exact) mass is 302 g/mol. The van der Waals surface area contributed by atoms with E-state index in [2.05, 4.69) is 4.98 Å². The number of hydrogen-bond donors (Lipinski definition) is 2. The summed E-state index contributed by atoms with van der Waals surface area (Å²) in [5, 5.41) is 8.60. The quantitative estimate of drug-likeness (QED) is 0.909. The van der Waals surface area contributed by atoms with E-state index in [9.17, 15) is 14.0 Å². The molecule has 0 aliphatic carbocycles. The van der Waals surface area contributed by atoms with Crippen molar-refractivity contribution in [1.29, 1.82) is 0 Å². The van der Waals surface area contributed by atoms with Crippen molar-refractivity contribution in [1.82, 2.24) is 9.88 Å². The highest BCUT2D eigenvalue weighted by Gasteiger charge is 2.40. The number of carbonyl (C=O) groups is 2. The summed E-state index contributed by atoms with van der Waals surface area (Å²) in [6.07, 6.45) is -1.91. The molecule has 1 unspecified atom stereocenters. The molecule has 2 heterocycles. The molecule has 0 bridgehead atoms. The molecule has 3 rings (SSSR count). The smallest absolute Gasteiger partial charge is 0.338 e. The number of aliphatic carboxylic acids is 1. The molecule has 0 saturated carbocycles. The predicted octanol–water partition coefficient (Wildman–Crippen LogP) is 2.18. The topological polar surface area (TPSA) is 73.4 Å². The van der Waals surface area contributed by atoms with Crippen LogP contribution >= 0.6 is 0 Å². The van der Waals surface area contributed by atoms with E-state index < -0.39 is 18.1 Å². The number of amides is 1. The van der Waals surface area contributed by atoms with Crippen molar-refractivity contribution in [2.75, 3.05) is 13.1 Å². The van der Waals surface area contributed by atoms with Gasteiger partial charge in [-0.15, -0.1) is 0 Å². The second-order valence-electron chi connectivity index (χ2n) is 5.36. The van der Waals surface area contributed by atoms with Crippen molar-refractivity contribution >= 4 is 11.9 Å². The maximum absolute atomic E-state index is 13.3. The minimum atomic E-state index is -1.91. The third kappa shape index (κ3) is 2.59. The molecule has 1 aliphatic heterocycles. The van der Waals surface area contributed by atoms with Crippen LogP contribution in [0.5, 0.6) is 0 Å². The number of hydrogen-bond acceptors (Lipinski definition) is 2. The van der Waals surface area contributed by atoms with Gasteiger partial charge >= 0.3 is 5.97 Å². The van der Waals surface area contributed by atoms with E-state index in [4.69, 9.17) is 5.11 Å². The summed E-state index contributed by atoms with van der Waals surface area (Å²) in [5.41, 5.74) is 2.22. The number of carboxylic acid groups (broad SMARTS) is 1. The lowest BCUT2D eigenvalue weighted by atomic mass is 9.94. The van der Waals surface area contributed by atoms with Gasteiger partial charge in [0.15, 0.2) is 0 Å². The molecule has 1 atom stereocenters. The van der Waals surface area contributed by atoms with Crippen molar-refractivity contribution in [3.63, 3.8) is 0 Å². The van der Waals surface area contributed by atoms with Crippen LogP contribution in [0.15, 0.2) is 42.5 Å². The largest absolute Gasteiger partial charge is 0.479 e. The van der Waals surface area contributed by atoms with Gasteiger partial charge in [-0.25, -0.2) is 9.18 Å². The SMILES string of the molecule is O=C(O)C(F)C1CN(C(=O)c2ccc(-c3ccccc3)[nH]2)C1. The number of halogens is 1. The summed E-state index contributed by atoms with van der Waals surface area (Å²) >= 11 is 0. The van der Waals surface area contributed by atoms with Crippen LogP contribution in [0.1, 0.15) is 10.5 Å². The Labute approximate surface area is 126 Å². The first-order valence-electron chi connectivity index (χ1n) is 6.97. The Balaban J connectivity index is 1.65. The number of likely N-dealkylation sites (tertiary alicyclic amines) is 1. The van der Waals surface area contributed by atoms with Crippen molar-refractivity contribution < 1.29 is 19.1 Å². The van der Waals surface area contributed by atoms with Crippen LogP contribution in [-0.4, -0.2) is 46.1 Å². The number of benzene rings is 1. The van der Waals surface area contributed by atoms with Gasteiger partial charge in [-0.2, -0.15) is 0 Å². The molecule has 1 saturated heterocycles. The van der Waals surface area contributed by atoms with Crippen LogP contribution in [0.25, 0.3) is 11.3 Å². The molecule has 2 aromatic rings. The molecule has 2 N–H and O–H groups in total. The Bertz CT molecular complexity index is 692. The molecule has 22 heavy (non-hydrogen) atoms. The van der Waals surface area contributed by atoms with Crippen LogP contribution in [0.3, 0.4) is 0 Å². The summed E-state index contributed by atoms with van der Waals surface area (Å²) in [6.45, 7) is 0.262.